The number of aromatic nitrogens is 1. The molecular formula is C24H23NO. The topological polar surface area (TPSA) is 33.1 Å². The van der Waals surface area contributed by atoms with E-state index in [0.717, 1.165) is 11.3 Å². The summed E-state index contributed by atoms with van der Waals surface area (Å²) in [7, 11) is 0. The Kier molecular flexibility index (Phi) is 5.09. The van der Waals surface area contributed by atoms with Crippen LogP contribution in [-0.4, -0.2) is 10.1 Å². The van der Waals surface area contributed by atoms with Crippen LogP contribution in [0.25, 0.3) is 0 Å². The van der Waals surface area contributed by atoms with Crippen molar-refractivity contribution in [2.75, 3.05) is 0 Å². The van der Waals surface area contributed by atoms with Crippen LogP contribution in [-0.2, 0) is 5.41 Å². The van der Waals surface area contributed by atoms with Gasteiger partial charge in [-0.2, -0.15) is 0 Å². The fraction of sp³-hybridized carbons (Fsp3) is 0.208. The van der Waals surface area contributed by atoms with Gasteiger partial charge in [-0.15, -0.1) is 0 Å². The van der Waals surface area contributed by atoms with E-state index in [1.54, 1.807) is 18.3 Å². The lowest BCUT2D eigenvalue weighted by atomic mass is 9.68. The van der Waals surface area contributed by atoms with Crippen molar-refractivity contribution in [2.24, 2.45) is 5.92 Å². The molecule has 2 nitrogen and oxygen atoms in total. The predicted molar refractivity (Wildman–Crippen MR) is 106 cm³/mol. The summed E-state index contributed by atoms with van der Waals surface area (Å²) >= 11 is 0. The van der Waals surface area contributed by atoms with Crippen molar-refractivity contribution in [3.05, 3.63) is 95.3 Å². The normalized spacial score (nSPS) is 12.9. The first-order valence-electron chi connectivity index (χ1n) is 8.83. The summed E-state index contributed by atoms with van der Waals surface area (Å²) in [5, 5.41) is 9.60. The molecule has 0 aliphatic rings. The fourth-order valence-corrected chi connectivity index (χ4v) is 3.11. The molecule has 3 aromatic rings. The Balaban J connectivity index is 1.92. The Hall–Kier alpha value is -3.05. The maximum absolute atomic E-state index is 9.60. The Labute approximate surface area is 155 Å². The lowest BCUT2D eigenvalue weighted by Crippen LogP contribution is -2.30. The highest BCUT2D eigenvalue weighted by molar-refractivity contribution is 5.46. The van der Waals surface area contributed by atoms with Crippen LogP contribution in [0.1, 0.15) is 43.2 Å². The van der Waals surface area contributed by atoms with Gasteiger partial charge in [0.15, 0.2) is 0 Å². The lowest BCUT2D eigenvalue weighted by Gasteiger charge is -2.35. The molecule has 26 heavy (non-hydrogen) atoms. The highest BCUT2D eigenvalue weighted by atomic mass is 16.3. The molecule has 1 aromatic heterocycles. The molecule has 0 saturated heterocycles. The van der Waals surface area contributed by atoms with Crippen LogP contribution in [0.5, 0.6) is 5.75 Å². The summed E-state index contributed by atoms with van der Waals surface area (Å²) in [6, 6.07) is 21.7. The molecule has 3 rings (SSSR count). The van der Waals surface area contributed by atoms with Crippen molar-refractivity contribution < 1.29 is 5.11 Å². The molecule has 1 atom stereocenters. The van der Waals surface area contributed by atoms with Gasteiger partial charge in [0.2, 0.25) is 0 Å². The third-order valence-corrected chi connectivity index (χ3v) is 5.11. The SMILES string of the molecule is CC(C)C(C)(c1ccc(O)cc1)c1ccc(C#Cc2ccccn2)cc1. The van der Waals surface area contributed by atoms with E-state index in [1.165, 1.54) is 11.1 Å². The van der Waals surface area contributed by atoms with Crippen LogP contribution >= 0.6 is 0 Å². The van der Waals surface area contributed by atoms with Crippen molar-refractivity contribution in [3.8, 4) is 17.6 Å². The average Bonchev–Trinajstić information content (AvgIpc) is 2.67. The summed E-state index contributed by atoms with van der Waals surface area (Å²) < 4.78 is 0. The molecule has 0 amide bonds. The van der Waals surface area contributed by atoms with Gasteiger partial charge < -0.3 is 5.11 Å². The van der Waals surface area contributed by atoms with Gasteiger partial charge in [-0.3, -0.25) is 0 Å². The second kappa shape index (κ2) is 7.45. The van der Waals surface area contributed by atoms with Gasteiger partial charge in [0.1, 0.15) is 11.4 Å². The van der Waals surface area contributed by atoms with Crippen LogP contribution in [0.2, 0.25) is 0 Å². The van der Waals surface area contributed by atoms with Crippen molar-refractivity contribution in [2.45, 2.75) is 26.2 Å². The van der Waals surface area contributed by atoms with Crippen LogP contribution in [0.3, 0.4) is 0 Å². The molecule has 0 saturated carbocycles. The van der Waals surface area contributed by atoms with Crippen LogP contribution < -0.4 is 0 Å². The van der Waals surface area contributed by atoms with E-state index >= 15 is 0 Å². The van der Waals surface area contributed by atoms with Gasteiger partial charge in [0, 0.05) is 17.2 Å². The molecule has 0 bridgehead atoms. The number of pyridine rings is 1. The first kappa shape index (κ1) is 17.8. The third-order valence-electron chi connectivity index (χ3n) is 5.11. The van der Waals surface area contributed by atoms with E-state index in [2.05, 4.69) is 61.9 Å². The standard InChI is InChI=1S/C24H23NO/c1-18(2)24(3,21-12-15-23(26)16-13-21)20-10-7-19(8-11-20)9-14-22-6-4-5-17-25-22/h4-8,10-13,15-18,26H,1-3H3. The zero-order valence-corrected chi connectivity index (χ0v) is 15.4. The lowest BCUT2D eigenvalue weighted by molar-refractivity contribution is 0.404. The number of phenolic OH excluding ortho intramolecular Hbond substituents is 1. The molecule has 1 unspecified atom stereocenters. The Morgan fingerprint density at radius 2 is 1.46 bits per heavy atom. The Morgan fingerprint density at radius 3 is 2.00 bits per heavy atom. The molecule has 0 aliphatic carbocycles. The molecular weight excluding hydrogens is 318 g/mol. The predicted octanol–water partition coefficient (Wildman–Crippen LogP) is 5.15. The van der Waals surface area contributed by atoms with Crippen molar-refractivity contribution in [1.29, 1.82) is 0 Å². The molecule has 0 fully saturated rings. The Bertz CT molecular complexity index is 916. The summed E-state index contributed by atoms with van der Waals surface area (Å²) in [6.07, 6.45) is 1.75. The summed E-state index contributed by atoms with van der Waals surface area (Å²) in [6.45, 7) is 6.70. The van der Waals surface area contributed by atoms with E-state index in [4.69, 9.17) is 0 Å². The first-order valence-corrected chi connectivity index (χ1v) is 8.83. The van der Waals surface area contributed by atoms with Crippen molar-refractivity contribution in [3.63, 3.8) is 0 Å². The zero-order chi connectivity index (χ0) is 18.6. The molecule has 130 valence electrons. The largest absolute Gasteiger partial charge is 0.508 e. The number of phenols is 1. The van der Waals surface area contributed by atoms with E-state index in [9.17, 15) is 5.11 Å². The second-order valence-corrected chi connectivity index (χ2v) is 6.95. The second-order valence-electron chi connectivity index (χ2n) is 6.95. The molecule has 0 spiro atoms. The maximum atomic E-state index is 9.60. The molecule has 2 heteroatoms. The third kappa shape index (κ3) is 3.63. The van der Waals surface area contributed by atoms with Gasteiger partial charge >= 0.3 is 0 Å². The van der Waals surface area contributed by atoms with Gasteiger partial charge in [-0.05, 0) is 59.4 Å². The fourth-order valence-electron chi connectivity index (χ4n) is 3.11. The van der Waals surface area contributed by atoms with Crippen molar-refractivity contribution >= 4 is 0 Å². The average molecular weight is 341 g/mol. The molecule has 0 aliphatic heterocycles. The zero-order valence-electron chi connectivity index (χ0n) is 15.4. The Morgan fingerprint density at radius 1 is 0.846 bits per heavy atom. The maximum Gasteiger partial charge on any atom is 0.115 e. The number of hydrogen-bond acceptors (Lipinski definition) is 2. The number of rotatable bonds is 3. The minimum atomic E-state index is -0.138. The van der Waals surface area contributed by atoms with Gasteiger partial charge in [-0.1, -0.05) is 57.0 Å². The van der Waals surface area contributed by atoms with Crippen LogP contribution in [0, 0.1) is 17.8 Å². The summed E-state index contributed by atoms with van der Waals surface area (Å²) in [4.78, 5) is 4.23. The monoisotopic (exact) mass is 341 g/mol. The molecule has 1 heterocycles. The number of aromatic hydroxyl groups is 1. The molecule has 0 radical (unpaired) electrons. The van der Waals surface area contributed by atoms with E-state index in [0.29, 0.717) is 11.7 Å². The highest BCUT2D eigenvalue weighted by Gasteiger charge is 2.32. The molecule has 1 N–H and O–H groups in total. The highest BCUT2D eigenvalue weighted by Crippen LogP contribution is 2.39. The van der Waals surface area contributed by atoms with Gasteiger partial charge in [0.25, 0.3) is 0 Å². The number of benzene rings is 2. The van der Waals surface area contributed by atoms with E-state index in [-0.39, 0.29) is 5.41 Å². The van der Waals surface area contributed by atoms with Crippen LogP contribution in [0.4, 0.5) is 0 Å². The summed E-state index contributed by atoms with van der Waals surface area (Å²) in [5.41, 5.74) is 4.03. The van der Waals surface area contributed by atoms with Gasteiger partial charge in [-0.25, -0.2) is 4.98 Å². The first-order chi connectivity index (χ1) is 12.5. The minimum absolute atomic E-state index is 0.138. The van der Waals surface area contributed by atoms with Crippen molar-refractivity contribution in [1.82, 2.24) is 4.98 Å². The summed E-state index contributed by atoms with van der Waals surface area (Å²) in [5.74, 6) is 6.95. The molecule has 2 aromatic carbocycles. The van der Waals surface area contributed by atoms with Crippen LogP contribution in [0.15, 0.2) is 72.9 Å². The van der Waals surface area contributed by atoms with Gasteiger partial charge in [0.05, 0.1) is 0 Å². The van der Waals surface area contributed by atoms with E-state index < -0.39 is 0 Å². The quantitative estimate of drug-likeness (QED) is 0.668. The van der Waals surface area contributed by atoms with E-state index in [1.807, 2.05) is 30.3 Å². The number of hydrogen-bond donors (Lipinski definition) is 1. The smallest absolute Gasteiger partial charge is 0.115 e. The minimum Gasteiger partial charge on any atom is -0.508 e. The number of nitrogens with zero attached hydrogens (tertiary/aromatic N) is 1.